The lowest BCUT2D eigenvalue weighted by atomic mass is 10.1. The lowest BCUT2D eigenvalue weighted by molar-refractivity contribution is -0.137. The van der Waals surface area contributed by atoms with Crippen LogP contribution in [0.3, 0.4) is 0 Å². The van der Waals surface area contributed by atoms with Crippen LogP contribution in [0.25, 0.3) is 22.4 Å². The van der Waals surface area contributed by atoms with Gasteiger partial charge >= 0.3 is 6.18 Å². The van der Waals surface area contributed by atoms with E-state index in [0.29, 0.717) is 28.6 Å². The summed E-state index contributed by atoms with van der Waals surface area (Å²) in [4.78, 5) is 13.9. The summed E-state index contributed by atoms with van der Waals surface area (Å²) >= 11 is 6.12. The molecule has 4 aromatic rings. The van der Waals surface area contributed by atoms with Crippen molar-refractivity contribution in [3.63, 3.8) is 0 Å². The lowest BCUT2D eigenvalue weighted by Gasteiger charge is -2.37. The van der Waals surface area contributed by atoms with Gasteiger partial charge in [0.05, 0.1) is 40.0 Å². The molecular formula is C24H20ClF3N4O2. The minimum Gasteiger partial charge on any atom is -0.488 e. The van der Waals surface area contributed by atoms with Gasteiger partial charge in [0.2, 0.25) is 0 Å². The number of hydrogen-bond donors (Lipinski definition) is 2. The van der Waals surface area contributed by atoms with E-state index in [-0.39, 0.29) is 35.3 Å². The Kier molecular flexibility index (Phi) is 5.61. The molecule has 0 bridgehead atoms. The van der Waals surface area contributed by atoms with Gasteiger partial charge in [-0.2, -0.15) is 13.2 Å². The van der Waals surface area contributed by atoms with Crippen molar-refractivity contribution < 1.29 is 23.0 Å². The van der Waals surface area contributed by atoms with Gasteiger partial charge in [0.25, 0.3) is 0 Å². The van der Waals surface area contributed by atoms with Crippen LogP contribution in [0.2, 0.25) is 5.02 Å². The SMILES string of the molecule is CCc1ccc(N2c3cccc(-c4nc5c(Cl)cc(C(F)(F)F)cc5[nH]4)c3OC[C@@H]2CO)nc1. The normalized spacial score (nSPS) is 15.9. The second kappa shape index (κ2) is 8.48. The molecule has 0 spiro atoms. The number of ether oxygens (including phenoxy) is 1. The average Bonchev–Trinajstić information content (AvgIpc) is 3.27. The number of imidazole rings is 1. The van der Waals surface area contributed by atoms with Gasteiger partial charge in [-0.1, -0.05) is 30.7 Å². The smallest absolute Gasteiger partial charge is 0.416 e. The summed E-state index contributed by atoms with van der Waals surface area (Å²) in [6.07, 6.45) is -1.88. The van der Waals surface area contributed by atoms with Crippen molar-refractivity contribution in [1.29, 1.82) is 0 Å². The van der Waals surface area contributed by atoms with E-state index in [4.69, 9.17) is 16.3 Å². The standard InChI is InChI=1S/C24H20ClF3N4O2/c1-2-13-6-7-20(29-10-13)32-15(11-33)12-34-22-16(4-3-5-19(22)32)23-30-18-9-14(24(26,27)28)8-17(25)21(18)31-23/h3-10,15,33H,2,11-12H2,1H3,(H,30,31)/t15-/m0/s1. The maximum atomic E-state index is 13.2. The third-order valence-electron chi connectivity index (χ3n) is 5.84. The molecule has 6 nitrogen and oxygen atoms in total. The van der Waals surface area contributed by atoms with Crippen molar-refractivity contribution in [3.8, 4) is 17.1 Å². The zero-order valence-electron chi connectivity index (χ0n) is 18.0. The van der Waals surface area contributed by atoms with Crippen LogP contribution in [0.15, 0.2) is 48.7 Å². The Morgan fingerprint density at radius 3 is 2.74 bits per heavy atom. The van der Waals surface area contributed by atoms with Crippen LogP contribution < -0.4 is 9.64 Å². The predicted octanol–water partition coefficient (Wildman–Crippen LogP) is 5.75. The molecule has 0 aliphatic carbocycles. The van der Waals surface area contributed by atoms with E-state index in [0.717, 1.165) is 24.1 Å². The molecule has 0 fully saturated rings. The van der Waals surface area contributed by atoms with Gasteiger partial charge in [-0.05, 0) is 42.3 Å². The molecule has 1 atom stereocenters. The summed E-state index contributed by atoms with van der Waals surface area (Å²) in [6, 6.07) is 10.8. The number of aliphatic hydroxyl groups excluding tert-OH is 1. The van der Waals surface area contributed by atoms with Crippen molar-refractivity contribution in [2.45, 2.75) is 25.6 Å². The third-order valence-corrected chi connectivity index (χ3v) is 6.12. The van der Waals surface area contributed by atoms with Gasteiger partial charge in [-0.3, -0.25) is 0 Å². The Labute approximate surface area is 198 Å². The molecule has 1 aliphatic rings. The van der Waals surface area contributed by atoms with Crippen LogP contribution in [-0.4, -0.2) is 39.3 Å². The molecule has 3 heterocycles. The number of aromatic nitrogens is 3. The van der Waals surface area contributed by atoms with Gasteiger partial charge in [0.15, 0.2) is 5.75 Å². The van der Waals surface area contributed by atoms with E-state index < -0.39 is 11.7 Å². The number of aryl methyl sites for hydroxylation is 1. The third kappa shape index (κ3) is 3.84. The maximum Gasteiger partial charge on any atom is 0.416 e. The van der Waals surface area contributed by atoms with Crippen LogP contribution in [0.1, 0.15) is 18.1 Å². The van der Waals surface area contributed by atoms with Gasteiger partial charge in [-0.25, -0.2) is 9.97 Å². The highest BCUT2D eigenvalue weighted by Gasteiger charge is 2.33. The highest BCUT2D eigenvalue weighted by Crippen LogP contribution is 2.44. The number of hydrogen-bond acceptors (Lipinski definition) is 5. The number of aromatic amines is 1. The second-order valence-electron chi connectivity index (χ2n) is 7.99. The van der Waals surface area contributed by atoms with Crippen molar-refractivity contribution in [1.82, 2.24) is 15.0 Å². The van der Waals surface area contributed by atoms with Crippen LogP contribution >= 0.6 is 11.6 Å². The number of halogens is 4. The van der Waals surface area contributed by atoms with E-state index in [1.807, 2.05) is 30.0 Å². The first-order valence-electron chi connectivity index (χ1n) is 10.7. The monoisotopic (exact) mass is 488 g/mol. The fourth-order valence-corrected chi connectivity index (χ4v) is 4.34. The molecule has 2 N–H and O–H groups in total. The van der Waals surface area contributed by atoms with Crippen molar-refractivity contribution in [2.24, 2.45) is 0 Å². The van der Waals surface area contributed by atoms with Crippen LogP contribution in [0.5, 0.6) is 5.75 Å². The van der Waals surface area contributed by atoms with Gasteiger partial charge in [-0.15, -0.1) is 0 Å². The predicted molar refractivity (Wildman–Crippen MR) is 124 cm³/mol. The van der Waals surface area contributed by atoms with Crippen LogP contribution in [0.4, 0.5) is 24.7 Å². The summed E-state index contributed by atoms with van der Waals surface area (Å²) in [5.74, 6) is 1.46. The summed E-state index contributed by atoms with van der Waals surface area (Å²) in [5, 5.41) is 9.88. The van der Waals surface area contributed by atoms with Crippen molar-refractivity contribution >= 4 is 34.1 Å². The molecule has 0 saturated carbocycles. The lowest BCUT2D eigenvalue weighted by Crippen LogP contribution is -2.43. The molecule has 5 rings (SSSR count). The molecule has 176 valence electrons. The number of nitrogens with one attached hydrogen (secondary N) is 1. The van der Waals surface area contributed by atoms with E-state index in [1.54, 1.807) is 18.3 Å². The topological polar surface area (TPSA) is 74.3 Å². The Bertz CT molecular complexity index is 1360. The minimum absolute atomic E-state index is 0.0970. The number of benzene rings is 2. The summed E-state index contributed by atoms with van der Waals surface area (Å²) < 4.78 is 45.7. The van der Waals surface area contributed by atoms with Gasteiger partial charge in [0.1, 0.15) is 23.8 Å². The highest BCUT2D eigenvalue weighted by molar-refractivity contribution is 6.35. The molecule has 0 radical (unpaired) electrons. The first-order chi connectivity index (χ1) is 16.3. The molecule has 1 aliphatic heterocycles. The summed E-state index contributed by atoms with van der Waals surface area (Å²) in [7, 11) is 0. The first kappa shape index (κ1) is 22.5. The Morgan fingerprint density at radius 2 is 2.06 bits per heavy atom. The number of fused-ring (bicyclic) bond motifs is 2. The molecule has 0 saturated heterocycles. The van der Waals surface area contributed by atoms with E-state index in [9.17, 15) is 18.3 Å². The van der Waals surface area contributed by atoms with Gasteiger partial charge < -0.3 is 19.7 Å². The molecule has 34 heavy (non-hydrogen) atoms. The number of H-pyrrole nitrogens is 1. The van der Waals surface area contributed by atoms with E-state index in [2.05, 4.69) is 15.0 Å². The zero-order chi connectivity index (χ0) is 24.0. The minimum atomic E-state index is -4.53. The highest BCUT2D eigenvalue weighted by atomic mass is 35.5. The Hall–Kier alpha value is -3.30. The van der Waals surface area contributed by atoms with E-state index in [1.165, 1.54) is 0 Å². The maximum absolute atomic E-state index is 13.2. The van der Waals surface area contributed by atoms with E-state index >= 15 is 0 Å². The summed E-state index contributed by atoms with van der Waals surface area (Å²) in [5.41, 5.74) is 1.87. The average molecular weight is 489 g/mol. The molecule has 0 amide bonds. The fourth-order valence-electron chi connectivity index (χ4n) is 4.08. The summed E-state index contributed by atoms with van der Waals surface area (Å²) in [6.45, 7) is 2.08. The molecule has 2 aromatic carbocycles. The Balaban J connectivity index is 1.63. The number of para-hydroxylation sites is 1. The van der Waals surface area contributed by atoms with Crippen LogP contribution in [-0.2, 0) is 12.6 Å². The quantitative estimate of drug-likeness (QED) is 0.382. The number of anilines is 2. The number of aliphatic hydroxyl groups is 1. The Morgan fingerprint density at radius 1 is 1.24 bits per heavy atom. The van der Waals surface area contributed by atoms with Crippen molar-refractivity contribution in [3.05, 3.63) is 64.8 Å². The largest absolute Gasteiger partial charge is 0.488 e. The number of pyridine rings is 1. The molecule has 10 heteroatoms. The molecule has 0 unspecified atom stereocenters. The van der Waals surface area contributed by atoms with Crippen molar-refractivity contribution in [2.75, 3.05) is 18.1 Å². The second-order valence-corrected chi connectivity index (χ2v) is 8.39. The number of rotatable bonds is 4. The molecular weight excluding hydrogens is 469 g/mol. The first-order valence-corrected chi connectivity index (χ1v) is 11.1. The number of nitrogens with zero attached hydrogens (tertiary/aromatic N) is 3. The zero-order valence-corrected chi connectivity index (χ0v) is 18.8. The van der Waals surface area contributed by atoms with Gasteiger partial charge in [0, 0.05) is 6.20 Å². The fraction of sp³-hybridized carbons (Fsp3) is 0.250. The number of alkyl halides is 3. The molecule has 2 aromatic heterocycles. The van der Waals surface area contributed by atoms with Crippen LogP contribution in [0, 0.1) is 0 Å².